The summed E-state index contributed by atoms with van der Waals surface area (Å²) in [5.74, 6) is -1.61. The number of hydrogen-bond acceptors (Lipinski definition) is 7. The second-order valence-electron chi connectivity index (χ2n) is 10.5. The quantitative estimate of drug-likeness (QED) is 0.532. The number of piperazine rings is 1. The zero-order valence-electron chi connectivity index (χ0n) is 21.8. The number of anilines is 1. The summed E-state index contributed by atoms with van der Waals surface area (Å²) in [6.07, 6.45) is -1.87. The number of aliphatic hydroxyl groups is 1. The Balaban J connectivity index is 1.32. The Labute approximate surface area is 224 Å². The van der Waals surface area contributed by atoms with E-state index >= 15 is 0 Å². The topological polar surface area (TPSA) is 90.8 Å². The fourth-order valence-electron chi connectivity index (χ4n) is 5.83. The molecular weight excluding hydrogens is 518 g/mol. The second kappa shape index (κ2) is 11.3. The fourth-order valence-corrected chi connectivity index (χ4v) is 5.83. The minimum Gasteiger partial charge on any atom is -0.387 e. The first-order valence-corrected chi connectivity index (χ1v) is 13.4. The molecule has 0 radical (unpaired) electrons. The minimum absolute atomic E-state index is 0.112. The van der Waals surface area contributed by atoms with Crippen LogP contribution >= 0.6 is 0 Å². The van der Waals surface area contributed by atoms with Crippen molar-refractivity contribution in [2.24, 2.45) is 0 Å². The second-order valence-corrected chi connectivity index (χ2v) is 10.5. The van der Waals surface area contributed by atoms with Gasteiger partial charge in [0, 0.05) is 57.5 Å². The van der Waals surface area contributed by atoms with Crippen LogP contribution in [0.2, 0.25) is 0 Å². The third kappa shape index (κ3) is 5.87. The lowest BCUT2D eigenvalue weighted by Crippen LogP contribution is -2.52. The van der Waals surface area contributed by atoms with E-state index in [9.17, 15) is 27.5 Å². The number of carbonyl (C=O) groups excluding carboxylic acids is 1. The molecule has 2 aromatic rings. The smallest absolute Gasteiger partial charge is 0.387 e. The third-order valence-electron chi connectivity index (χ3n) is 8.00. The predicted octanol–water partition coefficient (Wildman–Crippen LogP) is 3.38. The molecular formula is C27H33F4N5O3. The molecule has 1 unspecified atom stereocenters. The number of aliphatic hydroxyl groups excluding tert-OH is 1. The summed E-state index contributed by atoms with van der Waals surface area (Å²) in [6, 6.07) is 2.86. The Morgan fingerprint density at radius 1 is 1.18 bits per heavy atom. The number of halogens is 4. The molecule has 39 heavy (non-hydrogen) atoms. The number of ether oxygens (including phenoxy) is 1. The number of fused-ring (bicyclic) bond motifs is 1. The first-order chi connectivity index (χ1) is 18.6. The van der Waals surface area contributed by atoms with Gasteiger partial charge in [-0.1, -0.05) is 13.0 Å². The number of alkyl halides is 3. The van der Waals surface area contributed by atoms with E-state index in [-0.39, 0.29) is 30.0 Å². The van der Waals surface area contributed by atoms with Gasteiger partial charge >= 0.3 is 6.18 Å². The van der Waals surface area contributed by atoms with Gasteiger partial charge in [-0.3, -0.25) is 4.79 Å². The highest BCUT2D eigenvalue weighted by Gasteiger charge is 2.37. The van der Waals surface area contributed by atoms with E-state index in [4.69, 9.17) is 4.74 Å². The number of rotatable bonds is 6. The Hall–Kier alpha value is -2.83. The molecule has 2 aliphatic heterocycles. The lowest BCUT2D eigenvalue weighted by atomic mass is 9.94. The van der Waals surface area contributed by atoms with E-state index in [0.717, 1.165) is 30.3 Å². The summed E-state index contributed by atoms with van der Waals surface area (Å²) >= 11 is 0. The monoisotopic (exact) mass is 551 g/mol. The van der Waals surface area contributed by atoms with E-state index in [1.165, 1.54) is 12.4 Å². The van der Waals surface area contributed by atoms with Crippen LogP contribution in [0.5, 0.6) is 0 Å². The Morgan fingerprint density at radius 3 is 2.56 bits per heavy atom. The number of aromatic nitrogens is 2. The molecule has 8 nitrogen and oxygen atoms in total. The van der Waals surface area contributed by atoms with Gasteiger partial charge in [-0.2, -0.15) is 13.2 Å². The highest BCUT2D eigenvalue weighted by Crippen LogP contribution is 2.43. The van der Waals surface area contributed by atoms with Crippen LogP contribution in [0.15, 0.2) is 24.5 Å². The van der Waals surface area contributed by atoms with E-state index in [0.29, 0.717) is 57.6 Å². The van der Waals surface area contributed by atoms with Gasteiger partial charge in [0.25, 0.3) is 0 Å². The van der Waals surface area contributed by atoms with E-state index in [2.05, 4.69) is 20.2 Å². The Bertz CT molecular complexity index is 1180. The van der Waals surface area contributed by atoms with Crippen LogP contribution < -0.4 is 10.2 Å². The first-order valence-electron chi connectivity index (χ1n) is 13.4. The maximum absolute atomic E-state index is 14.5. The van der Waals surface area contributed by atoms with Crippen LogP contribution in [0.3, 0.4) is 0 Å². The standard InChI is InChI=1S/C27H33F4N5O3/c1-16-12-22(37)24-23(16)25(34-15-33-24)35-6-8-36(9-7-35)26(38)19(14-32-18-4-10-39-11-5-18)17-2-3-20(21(28)13-17)27(29,30)31/h2-3,13,15-16,18-19,22,32,37H,4-12,14H2,1H3/t16?,19-,22-/m1/s1. The molecule has 2 fully saturated rings. The molecule has 12 heteroatoms. The highest BCUT2D eigenvalue weighted by atomic mass is 19.4. The lowest BCUT2D eigenvalue weighted by molar-refractivity contribution is -0.140. The van der Waals surface area contributed by atoms with Gasteiger partial charge in [0.1, 0.15) is 18.0 Å². The number of amides is 1. The molecule has 1 amide bonds. The minimum atomic E-state index is -4.81. The van der Waals surface area contributed by atoms with Crippen molar-refractivity contribution >= 4 is 11.7 Å². The van der Waals surface area contributed by atoms with Gasteiger partial charge in [-0.05, 0) is 42.9 Å². The van der Waals surface area contributed by atoms with Gasteiger partial charge in [-0.15, -0.1) is 0 Å². The van der Waals surface area contributed by atoms with Gasteiger partial charge in [0.15, 0.2) is 0 Å². The summed E-state index contributed by atoms with van der Waals surface area (Å²) in [5, 5.41) is 13.7. The van der Waals surface area contributed by atoms with Crippen molar-refractivity contribution in [2.45, 2.75) is 56.3 Å². The maximum Gasteiger partial charge on any atom is 0.419 e. The average molecular weight is 552 g/mol. The summed E-state index contributed by atoms with van der Waals surface area (Å²) in [5.41, 5.74) is 0.447. The summed E-state index contributed by atoms with van der Waals surface area (Å²) in [4.78, 5) is 26.2. The molecule has 0 bridgehead atoms. The van der Waals surface area contributed by atoms with Crippen molar-refractivity contribution in [3.8, 4) is 0 Å². The SMILES string of the molecule is CC1C[C@@H](O)c2ncnc(N3CCN(C(=O)[C@H](CNC4CCOCC4)c4ccc(C(F)(F)F)c(F)c4)CC3)c21. The van der Waals surface area contributed by atoms with Crippen LogP contribution in [-0.2, 0) is 15.7 Å². The Morgan fingerprint density at radius 2 is 1.90 bits per heavy atom. The molecule has 1 aromatic heterocycles. The van der Waals surface area contributed by atoms with Gasteiger partial charge in [0.2, 0.25) is 5.91 Å². The molecule has 1 aromatic carbocycles. The molecule has 1 aliphatic carbocycles. The molecule has 5 rings (SSSR count). The zero-order chi connectivity index (χ0) is 27.7. The molecule has 0 saturated carbocycles. The largest absolute Gasteiger partial charge is 0.419 e. The van der Waals surface area contributed by atoms with Crippen molar-refractivity contribution < 1.29 is 32.2 Å². The highest BCUT2D eigenvalue weighted by molar-refractivity contribution is 5.84. The third-order valence-corrected chi connectivity index (χ3v) is 8.00. The van der Waals surface area contributed by atoms with Crippen LogP contribution in [-0.4, -0.2) is 77.9 Å². The molecule has 2 N–H and O–H groups in total. The van der Waals surface area contributed by atoms with Crippen LogP contribution in [0, 0.1) is 5.82 Å². The number of carbonyl (C=O) groups is 1. The molecule has 212 valence electrons. The molecule has 2 saturated heterocycles. The molecule has 3 aliphatic rings. The number of hydrogen-bond donors (Lipinski definition) is 2. The maximum atomic E-state index is 14.5. The first kappa shape index (κ1) is 27.7. The van der Waals surface area contributed by atoms with E-state index in [1.807, 2.05) is 6.92 Å². The van der Waals surface area contributed by atoms with Crippen molar-refractivity contribution in [3.05, 3.63) is 52.7 Å². The van der Waals surface area contributed by atoms with E-state index < -0.39 is 29.6 Å². The van der Waals surface area contributed by atoms with Crippen molar-refractivity contribution in [1.29, 1.82) is 0 Å². The van der Waals surface area contributed by atoms with Gasteiger partial charge < -0.3 is 25.0 Å². The fraction of sp³-hybridized carbons (Fsp3) is 0.593. The zero-order valence-corrected chi connectivity index (χ0v) is 21.8. The number of nitrogens with zero attached hydrogens (tertiary/aromatic N) is 4. The van der Waals surface area contributed by atoms with E-state index in [1.54, 1.807) is 4.90 Å². The van der Waals surface area contributed by atoms with Crippen LogP contribution in [0.25, 0.3) is 0 Å². The number of nitrogens with one attached hydrogen (secondary N) is 1. The average Bonchev–Trinajstić information content (AvgIpc) is 3.22. The lowest BCUT2D eigenvalue weighted by Gasteiger charge is -2.38. The number of benzene rings is 1. The van der Waals surface area contributed by atoms with Crippen molar-refractivity contribution in [1.82, 2.24) is 20.2 Å². The summed E-state index contributed by atoms with van der Waals surface area (Å²) < 4.78 is 59.4. The molecule has 3 heterocycles. The van der Waals surface area contributed by atoms with Gasteiger partial charge in [0.05, 0.1) is 23.3 Å². The molecule has 0 spiro atoms. The van der Waals surface area contributed by atoms with Crippen LogP contribution in [0.4, 0.5) is 23.4 Å². The predicted molar refractivity (Wildman–Crippen MR) is 135 cm³/mol. The summed E-state index contributed by atoms with van der Waals surface area (Å²) in [7, 11) is 0. The Kier molecular flexibility index (Phi) is 8.06. The molecule has 3 atom stereocenters. The normalized spacial score (nSPS) is 23.1. The van der Waals surface area contributed by atoms with Gasteiger partial charge in [-0.25, -0.2) is 14.4 Å². The van der Waals surface area contributed by atoms with Crippen LogP contribution in [0.1, 0.15) is 66.5 Å². The van der Waals surface area contributed by atoms with Crippen molar-refractivity contribution in [3.63, 3.8) is 0 Å². The van der Waals surface area contributed by atoms with Crippen molar-refractivity contribution in [2.75, 3.05) is 50.8 Å². The summed E-state index contributed by atoms with van der Waals surface area (Å²) in [6.45, 7) is 5.16.